The first-order valence-corrected chi connectivity index (χ1v) is 22.9. The van der Waals surface area contributed by atoms with E-state index in [9.17, 15) is 40.5 Å². The molecule has 0 amide bonds. The molecule has 0 aliphatic carbocycles. The molecule has 0 bridgehead atoms. The number of nitriles is 2. The Morgan fingerprint density at radius 3 is 1.50 bits per heavy atom. The van der Waals surface area contributed by atoms with Crippen molar-refractivity contribution in [2.24, 2.45) is 0 Å². The molecule has 0 saturated carbocycles. The maximum absolute atomic E-state index is 11.9. The monoisotopic (exact) mass is 1050 g/mol. The van der Waals surface area contributed by atoms with Crippen molar-refractivity contribution in [2.75, 3.05) is 13.2 Å². The summed E-state index contributed by atoms with van der Waals surface area (Å²) in [6.45, 7) is 3.54. The van der Waals surface area contributed by atoms with E-state index in [0.29, 0.717) is 50.6 Å². The highest BCUT2D eigenvalue weighted by Gasteiger charge is 2.33. The smallest absolute Gasteiger partial charge is 0.326 e. The molecular weight excluding hydrogens is 1010 g/mol. The fraction of sp³-hybridized carbons (Fsp3) is 0.255. The number of aliphatic carboxylic acids is 2. The number of aromatic nitrogens is 2. The molecule has 0 radical (unpaired) electrons. The van der Waals surface area contributed by atoms with Gasteiger partial charge in [-0.1, -0.05) is 59.6 Å². The number of carboxylic acid groups (broad SMARTS) is 2. The van der Waals surface area contributed by atoms with Gasteiger partial charge in [-0.15, -0.1) is 0 Å². The van der Waals surface area contributed by atoms with E-state index >= 15 is 0 Å². The summed E-state index contributed by atoms with van der Waals surface area (Å²) < 4.78 is 25.7. The first kappa shape index (κ1) is 52.6. The SMILES string of the molecule is Cc1c(COc2cc(OCc3cncc(C#N)c3)c(CNC(C)(CO)C(=O)O)cc2Cl)cccc1-c1cccc(COc2cc(OCc3cncc(C#N)c3)c(CN[C@@](C)(CO)C(=O)O)cc2Cl)c1Br. The molecule has 70 heavy (non-hydrogen) atoms. The Morgan fingerprint density at radius 1 is 0.629 bits per heavy atom. The summed E-state index contributed by atoms with van der Waals surface area (Å²) in [7, 11) is 0. The number of rotatable bonds is 23. The molecule has 6 aromatic rings. The van der Waals surface area contributed by atoms with Crippen LogP contribution in [-0.2, 0) is 49.1 Å². The minimum absolute atomic E-state index is 0.0245. The zero-order valence-electron chi connectivity index (χ0n) is 38.1. The molecule has 19 heteroatoms. The molecule has 0 aliphatic heterocycles. The van der Waals surface area contributed by atoms with Crippen molar-refractivity contribution in [2.45, 2.75) is 71.4 Å². The van der Waals surface area contributed by atoms with Crippen LogP contribution in [0.5, 0.6) is 23.0 Å². The van der Waals surface area contributed by atoms with E-state index in [4.69, 9.17) is 42.1 Å². The summed E-state index contributed by atoms with van der Waals surface area (Å²) in [4.78, 5) is 32.0. The lowest BCUT2D eigenvalue weighted by Gasteiger charge is -2.25. The van der Waals surface area contributed by atoms with Crippen molar-refractivity contribution < 1.29 is 49.0 Å². The molecule has 1 unspecified atom stereocenters. The predicted molar refractivity (Wildman–Crippen MR) is 262 cm³/mol. The van der Waals surface area contributed by atoms with Crippen molar-refractivity contribution in [3.05, 3.63) is 162 Å². The minimum Gasteiger partial charge on any atom is -0.488 e. The van der Waals surface area contributed by atoms with Gasteiger partial charge in [0.25, 0.3) is 0 Å². The van der Waals surface area contributed by atoms with E-state index in [2.05, 4.69) is 48.7 Å². The highest BCUT2D eigenvalue weighted by atomic mass is 79.9. The van der Waals surface area contributed by atoms with Crippen LogP contribution in [0.15, 0.2) is 102 Å². The maximum Gasteiger partial charge on any atom is 0.326 e. The fourth-order valence-corrected chi connectivity index (χ4v) is 7.89. The Kier molecular flexibility index (Phi) is 17.8. The van der Waals surface area contributed by atoms with Gasteiger partial charge in [0.15, 0.2) is 0 Å². The van der Waals surface area contributed by atoms with Gasteiger partial charge in [0.1, 0.15) is 72.6 Å². The Bertz CT molecular complexity index is 2790. The van der Waals surface area contributed by atoms with E-state index in [1.807, 2.05) is 43.3 Å². The van der Waals surface area contributed by atoms with Crippen molar-refractivity contribution >= 4 is 51.1 Å². The lowest BCUT2D eigenvalue weighted by Crippen LogP contribution is -2.52. The lowest BCUT2D eigenvalue weighted by atomic mass is 9.95. The van der Waals surface area contributed by atoms with Gasteiger partial charge in [-0.3, -0.25) is 30.2 Å². The number of aliphatic hydroxyl groups is 2. The first-order chi connectivity index (χ1) is 33.5. The molecule has 2 aromatic heterocycles. The van der Waals surface area contributed by atoms with E-state index in [1.54, 1.807) is 48.8 Å². The van der Waals surface area contributed by atoms with Crippen LogP contribution < -0.4 is 29.6 Å². The first-order valence-electron chi connectivity index (χ1n) is 21.4. The second kappa shape index (κ2) is 23.7. The molecule has 6 N–H and O–H groups in total. The summed E-state index contributed by atoms with van der Waals surface area (Å²) >= 11 is 17.4. The Balaban J connectivity index is 1.22. The summed E-state index contributed by atoms with van der Waals surface area (Å²) in [6, 6.07) is 25.4. The molecule has 362 valence electrons. The van der Waals surface area contributed by atoms with E-state index in [-0.39, 0.29) is 55.3 Å². The summed E-state index contributed by atoms with van der Waals surface area (Å²) in [5, 5.41) is 64.0. The number of carbonyl (C=O) groups is 2. The van der Waals surface area contributed by atoms with Gasteiger partial charge in [-0.25, -0.2) is 0 Å². The number of hydrogen-bond acceptors (Lipinski definition) is 14. The quantitative estimate of drug-likeness (QED) is 0.0352. The average molecular weight is 1050 g/mol. The third kappa shape index (κ3) is 12.9. The normalized spacial score (nSPS) is 12.7. The number of aliphatic hydroxyl groups excluding tert-OH is 2. The zero-order chi connectivity index (χ0) is 50.6. The number of carboxylic acids is 2. The molecule has 16 nitrogen and oxygen atoms in total. The van der Waals surface area contributed by atoms with Gasteiger partial charge < -0.3 is 39.4 Å². The molecule has 6 rings (SSSR count). The van der Waals surface area contributed by atoms with Crippen LogP contribution in [0.25, 0.3) is 11.1 Å². The third-order valence-corrected chi connectivity index (χ3v) is 12.9. The topological polar surface area (TPSA) is 249 Å². The van der Waals surface area contributed by atoms with Gasteiger partial charge >= 0.3 is 11.9 Å². The predicted octanol–water partition coefficient (Wildman–Crippen LogP) is 8.43. The second-order valence-corrected chi connectivity index (χ2v) is 18.1. The fourth-order valence-electron chi connectivity index (χ4n) is 6.82. The van der Waals surface area contributed by atoms with Gasteiger partial charge in [0.2, 0.25) is 0 Å². The molecule has 0 aliphatic rings. The van der Waals surface area contributed by atoms with Crippen LogP contribution in [-0.4, -0.2) is 66.6 Å². The van der Waals surface area contributed by atoms with Crippen molar-refractivity contribution in [3.8, 4) is 46.3 Å². The standard InChI is InChI=1S/C51H47BrCl2N6O10/c1-30-35(26-69-45-14-43(67-24-33-10-31(16-55)18-57-20-33)37(12-41(45)53)22-59-50(2,28-61)48(63)64)6-4-8-39(30)40-9-5-7-36(47(40)52)27-70-46-15-44(68-25-34-11-32(17-56)19-58-21-34)38(13-42(46)54)23-60-51(3,29-62)49(65)66/h4-15,18-21,59-62H,22-29H2,1-3H3,(H,63,64)(H,65,66)/t50?,51-/m0/s1. The highest BCUT2D eigenvalue weighted by molar-refractivity contribution is 9.10. The summed E-state index contributed by atoms with van der Waals surface area (Å²) in [5.41, 5.74) is 3.99. The number of pyridine rings is 2. The zero-order valence-corrected chi connectivity index (χ0v) is 41.2. The van der Waals surface area contributed by atoms with E-state index in [1.165, 1.54) is 26.2 Å². The van der Waals surface area contributed by atoms with Gasteiger partial charge in [0.05, 0.1) is 34.4 Å². The van der Waals surface area contributed by atoms with Crippen molar-refractivity contribution in [3.63, 3.8) is 0 Å². The van der Waals surface area contributed by atoms with Gasteiger partial charge in [0, 0.05) is 82.3 Å². The van der Waals surface area contributed by atoms with Crippen molar-refractivity contribution in [1.82, 2.24) is 20.6 Å². The largest absolute Gasteiger partial charge is 0.488 e. The molecule has 0 fully saturated rings. The summed E-state index contributed by atoms with van der Waals surface area (Å²) in [6.07, 6.45) is 6.00. The Labute approximate surface area is 422 Å². The van der Waals surface area contributed by atoms with Crippen LogP contribution in [0.4, 0.5) is 0 Å². The van der Waals surface area contributed by atoms with Crippen LogP contribution in [0.2, 0.25) is 10.0 Å². The van der Waals surface area contributed by atoms with Crippen LogP contribution in [0, 0.1) is 29.6 Å². The molecule has 0 saturated heterocycles. The molecule has 2 atom stereocenters. The average Bonchev–Trinajstić information content (AvgIpc) is 3.36. The lowest BCUT2D eigenvalue weighted by molar-refractivity contribution is -0.146. The van der Waals surface area contributed by atoms with E-state index in [0.717, 1.165) is 32.3 Å². The molecular formula is C51H47BrCl2N6O10. The van der Waals surface area contributed by atoms with Crippen LogP contribution in [0.1, 0.15) is 63.9 Å². The highest BCUT2D eigenvalue weighted by Crippen LogP contribution is 2.39. The summed E-state index contributed by atoms with van der Waals surface area (Å²) in [5.74, 6) is -1.26. The van der Waals surface area contributed by atoms with Crippen molar-refractivity contribution in [1.29, 1.82) is 10.5 Å². The number of nitrogens with one attached hydrogen (secondary N) is 2. The second-order valence-electron chi connectivity index (χ2n) is 16.5. The Hall–Kier alpha value is -6.80. The third-order valence-electron chi connectivity index (χ3n) is 11.4. The minimum atomic E-state index is -1.64. The number of hydrogen-bond donors (Lipinski definition) is 6. The molecule has 4 aromatic carbocycles. The van der Waals surface area contributed by atoms with Gasteiger partial charge in [-0.05, 0) is 83.2 Å². The number of halogens is 3. The number of benzene rings is 4. The number of ether oxygens (including phenoxy) is 4. The van der Waals surface area contributed by atoms with Crippen LogP contribution >= 0.6 is 39.1 Å². The number of nitrogens with zero attached hydrogens (tertiary/aromatic N) is 4. The van der Waals surface area contributed by atoms with Gasteiger partial charge in [-0.2, -0.15) is 10.5 Å². The van der Waals surface area contributed by atoms with E-state index < -0.39 is 36.2 Å². The van der Waals surface area contributed by atoms with Crippen LogP contribution in [0.3, 0.4) is 0 Å². The Morgan fingerprint density at radius 2 is 1.06 bits per heavy atom. The molecule has 2 heterocycles. The maximum atomic E-state index is 11.9. The molecule has 0 spiro atoms.